The number of nitrogens with one attached hydrogen (secondary N) is 1. The summed E-state index contributed by atoms with van der Waals surface area (Å²) in [6.07, 6.45) is -4.55. The second-order valence-electron chi connectivity index (χ2n) is 4.48. The van der Waals surface area contributed by atoms with Crippen molar-refractivity contribution in [3.63, 3.8) is 0 Å². The molecule has 0 spiro atoms. The van der Waals surface area contributed by atoms with E-state index in [1.54, 1.807) is 22.6 Å². The number of ether oxygens (including phenoxy) is 1. The smallest absolute Gasteiger partial charge is 0.387 e. The summed E-state index contributed by atoms with van der Waals surface area (Å²) in [6.45, 7) is -0.686. The van der Waals surface area contributed by atoms with Gasteiger partial charge < -0.3 is 24.7 Å². The molecular formula is C9H12IN2Na2O9P. The van der Waals surface area contributed by atoms with Crippen LogP contribution in [0.4, 0.5) is 0 Å². The minimum Gasteiger partial charge on any atom is -0.387 e. The minimum absolute atomic E-state index is 0. The molecule has 0 saturated carbocycles. The van der Waals surface area contributed by atoms with Gasteiger partial charge in [-0.2, -0.15) is 0 Å². The molecule has 15 heteroatoms. The Balaban J connectivity index is 0.00000264. The number of hydrogen-bond acceptors (Lipinski definition) is 7. The Morgan fingerprint density at radius 3 is 2.42 bits per heavy atom. The average Bonchev–Trinajstić information content (AvgIpc) is 2.68. The minimum atomic E-state index is -4.77. The first-order valence-corrected chi connectivity index (χ1v) is 8.43. The fourth-order valence-corrected chi connectivity index (χ4v) is 2.69. The summed E-state index contributed by atoms with van der Waals surface area (Å²) < 4.78 is 21.1. The van der Waals surface area contributed by atoms with Gasteiger partial charge in [0.2, 0.25) is 0 Å². The zero-order valence-electron chi connectivity index (χ0n) is 12.7. The molecule has 0 amide bonds. The summed E-state index contributed by atoms with van der Waals surface area (Å²) in [7, 11) is -4.77. The molecule has 126 valence electrons. The van der Waals surface area contributed by atoms with Crippen molar-refractivity contribution in [2.24, 2.45) is 0 Å². The SMILES string of the molecule is O=c1[nH]c(=O)n([C@@H]2O[C@H](COP(=O)(O)O)[C@@H](O)[C@H]2O)cc1I.[Na].[Na]. The van der Waals surface area contributed by atoms with Crippen molar-refractivity contribution in [3.05, 3.63) is 30.6 Å². The molecule has 2 radical (unpaired) electrons. The van der Waals surface area contributed by atoms with E-state index in [1.807, 2.05) is 4.98 Å². The average molecular weight is 496 g/mol. The molecule has 5 N–H and O–H groups in total. The summed E-state index contributed by atoms with van der Waals surface area (Å²) in [5.74, 6) is 0. The van der Waals surface area contributed by atoms with E-state index in [0.717, 1.165) is 10.8 Å². The van der Waals surface area contributed by atoms with Crippen LogP contribution in [0.25, 0.3) is 0 Å². The first-order valence-electron chi connectivity index (χ1n) is 5.83. The molecule has 1 aromatic rings. The van der Waals surface area contributed by atoms with Crippen molar-refractivity contribution in [3.8, 4) is 0 Å². The number of aliphatic hydroxyl groups excluding tert-OH is 2. The van der Waals surface area contributed by atoms with E-state index in [4.69, 9.17) is 14.5 Å². The fraction of sp³-hybridized carbons (Fsp3) is 0.556. The van der Waals surface area contributed by atoms with Crippen LogP contribution in [-0.2, 0) is 13.8 Å². The third kappa shape index (κ3) is 6.23. The number of aliphatic hydroxyl groups is 2. The van der Waals surface area contributed by atoms with Crippen LogP contribution in [0.2, 0.25) is 0 Å². The number of H-pyrrole nitrogens is 1. The van der Waals surface area contributed by atoms with Crippen LogP contribution in [-0.4, -0.2) is 114 Å². The summed E-state index contributed by atoms with van der Waals surface area (Å²) >= 11 is 1.67. The van der Waals surface area contributed by atoms with Gasteiger partial charge in [0.1, 0.15) is 18.3 Å². The molecule has 0 aromatic carbocycles. The van der Waals surface area contributed by atoms with Gasteiger partial charge >= 0.3 is 13.5 Å². The van der Waals surface area contributed by atoms with Crippen LogP contribution in [0.5, 0.6) is 0 Å². The summed E-state index contributed by atoms with van der Waals surface area (Å²) in [4.78, 5) is 42.3. The van der Waals surface area contributed by atoms with Crippen molar-refractivity contribution < 1.29 is 33.8 Å². The first kappa shape index (κ1) is 25.4. The van der Waals surface area contributed by atoms with E-state index >= 15 is 0 Å². The van der Waals surface area contributed by atoms with Crippen molar-refractivity contribution in [1.82, 2.24) is 9.55 Å². The molecule has 1 aliphatic heterocycles. The van der Waals surface area contributed by atoms with E-state index in [-0.39, 0.29) is 62.7 Å². The van der Waals surface area contributed by atoms with Gasteiger partial charge in [-0.25, -0.2) is 9.36 Å². The quantitative estimate of drug-likeness (QED) is 0.167. The van der Waals surface area contributed by atoms with E-state index in [2.05, 4.69) is 4.52 Å². The Bertz CT molecular complexity index is 722. The second-order valence-corrected chi connectivity index (χ2v) is 6.88. The first-order chi connectivity index (χ1) is 10.1. The van der Waals surface area contributed by atoms with Gasteiger partial charge in [0.05, 0.1) is 10.2 Å². The van der Waals surface area contributed by atoms with Gasteiger partial charge in [-0.3, -0.25) is 18.9 Å². The molecule has 0 unspecified atom stereocenters. The number of aromatic amines is 1. The molecule has 11 nitrogen and oxygen atoms in total. The van der Waals surface area contributed by atoms with Gasteiger partial charge in [0, 0.05) is 65.3 Å². The molecule has 1 fully saturated rings. The van der Waals surface area contributed by atoms with Gasteiger partial charge in [-0.05, 0) is 22.6 Å². The van der Waals surface area contributed by atoms with E-state index in [0.29, 0.717) is 0 Å². The summed E-state index contributed by atoms with van der Waals surface area (Å²) in [6, 6.07) is 0. The van der Waals surface area contributed by atoms with Crippen LogP contribution in [0, 0.1) is 3.57 Å². The molecule has 0 bridgehead atoms. The van der Waals surface area contributed by atoms with E-state index in [1.165, 1.54) is 0 Å². The number of aromatic nitrogens is 2. The molecule has 1 aliphatic rings. The van der Waals surface area contributed by atoms with Gasteiger partial charge in [0.15, 0.2) is 6.23 Å². The zero-order valence-corrected chi connectivity index (χ0v) is 19.7. The Labute approximate surface area is 192 Å². The third-order valence-corrected chi connectivity index (χ3v) is 4.20. The Hall–Kier alpha value is 1.40. The van der Waals surface area contributed by atoms with Gasteiger partial charge in [-0.15, -0.1) is 0 Å². The number of nitrogens with zero attached hydrogens (tertiary/aromatic N) is 1. The molecule has 1 saturated heterocycles. The maximum atomic E-state index is 11.7. The van der Waals surface area contributed by atoms with Crippen LogP contribution < -0.4 is 11.2 Å². The van der Waals surface area contributed by atoms with Crippen LogP contribution in [0.1, 0.15) is 6.23 Å². The molecule has 0 aliphatic carbocycles. The second kappa shape index (κ2) is 10.1. The van der Waals surface area contributed by atoms with Crippen LogP contribution >= 0.6 is 30.4 Å². The van der Waals surface area contributed by atoms with Crippen molar-refractivity contribution in [2.45, 2.75) is 24.5 Å². The third-order valence-electron chi connectivity index (χ3n) is 2.94. The molecule has 2 rings (SSSR count). The topological polar surface area (TPSA) is 171 Å². The van der Waals surface area contributed by atoms with Crippen LogP contribution in [0.3, 0.4) is 0 Å². The monoisotopic (exact) mass is 496 g/mol. The van der Waals surface area contributed by atoms with Gasteiger partial charge in [0.25, 0.3) is 5.56 Å². The number of halogens is 1. The van der Waals surface area contributed by atoms with E-state index < -0.39 is 50.2 Å². The molecule has 4 atom stereocenters. The Kier molecular flexibility index (Phi) is 10.7. The predicted molar refractivity (Wildman–Crippen MR) is 89.5 cm³/mol. The molecular weight excluding hydrogens is 484 g/mol. The summed E-state index contributed by atoms with van der Waals surface area (Å²) in [5.41, 5.74) is -1.48. The summed E-state index contributed by atoms with van der Waals surface area (Å²) in [5, 5.41) is 19.7. The van der Waals surface area contributed by atoms with Crippen molar-refractivity contribution >= 4 is 89.5 Å². The maximum Gasteiger partial charge on any atom is 0.469 e. The number of hydrogen-bond donors (Lipinski definition) is 5. The number of phosphoric acid groups is 1. The fourth-order valence-electron chi connectivity index (χ4n) is 1.92. The van der Waals surface area contributed by atoms with Gasteiger partial charge in [-0.1, -0.05) is 0 Å². The normalized spacial score (nSPS) is 26.5. The molecule has 1 aromatic heterocycles. The largest absolute Gasteiger partial charge is 0.469 e. The Morgan fingerprint density at radius 1 is 1.29 bits per heavy atom. The van der Waals surface area contributed by atoms with Crippen molar-refractivity contribution in [1.29, 1.82) is 0 Å². The predicted octanol–water partition coefficient (Wildman–Crippen LogP) is -2.89. The van der Waals surface area contributed by atoms with Crippen LogP contribution in [0.15, 0.2) is 15.8 Å². The Morgan fingerprint density at radius 2 is 1.88 bits per heavy atom. The van der Waals surface area contributed by atoms with Crippen molar-refractivity contribution in [2.75, 3.05) is 6.61 Å². The number of phosphoric ester groups is 1. The molecule has 24 heavy (non-hydrogen) atoms. The van der Waals surface area contributed by atoms with E-state index in [9.17, 15) is 24.4 Å². The number of rotatable bonds is 4. The maximum absolute atomic E-state index is 11.7. The molecule has 2 heterocycles. The zero-order chi connectivity index (χ0) is 16.7. The standard InChI is InChI=1S/C9H12IN2O9P.2Na/c10-3-1-12(9(16)11-7(3)15)8-6(14)5(13)4(21-8)2-20-22(17,18)19;;/h1,4-6,8,13-14H,2H2,(H,11,15,16)(H2,17,18,19);;/t4-,5-,6-,8-;;/m1../s1.